The summed E-state index contributed by atoms with van der Waals surface area (Å²) < 4.78 is -1.04. The van der Waals surface area contributed by atoms with Crippen molar-refractivity contribution in [3.63, 3.8) is 0 Å². The van der Waals surface area contributed by atoms with Crippen LogP contribution in [-0.2, 0) is 24.1 Å². The molecule has 20 heavy (non-hydrogen) atoms. The first-order valence-corrected chi connectivity index (χ1v) is 5.56. The van der Waals surface area contributed by atoms with Gasteiger partial charge in [-0.1, -0.05) is 0 Å². The van der Waals surface area contributed by atoms with Gasteiger partial charge in [0.1, 0.15) is 0 Å². The highest BCUT2D eigenvalue weighted by atomic mass is 17.1. The number of carboxylic acid groups (broad SMARTS) is 3. The maximum Gasteiger partial charge on any atom is 0.401 e. The highest BCUT2D eigenvalue weighted by Crippen LogP contribution is 2.48. The SMILES string of the molecule is O=C(O)C[N+](CC(=O)O)(CC(=O)O)C1(C(=O)OO)CC1. The van der Waals surface area contributed by atoms with Crippen LogP contribution in [0.2, 0.25) is 0 Å². The van der Waals surface area contributed by atoms with Gasteiger partial charge in [0.15, 0.2) is 19.6 Å². The van der Waals surface area contributed by atoms with Crippen LogP contribution in [0.5, 0.6) is 0 Å². The van der Waals surface area contributed by atoms with Crippen molar-refractivity contribution in [1.82, 2.24) is 0 Å². The fourth-order valence-electron chi connectivity index (χ4n) is 2.47. The number of rotatable bonds is 8. The normalized spacial score (nSPS) is 16.2. The molecule has 0 atom stereocenters. The summed E-state index contributed by atoms with van der Waals surface area (Å²) in [4.78, 5) is 48.1. The number of carbonyl (C=O) groups is 4. The molecule has 1 aliphatic rings. The molecular weight excluding hydrogens is 278 g/mol. The van der Waals surface area contributed by atoms with E-state index in [2.05, 4.69) is 4.89 Å². The van der Waals surface area contributed by atoms with Crippen molar-refractivity contribution < 1.29 is 49.1 Å². The average Bonchev–Trinajstić information content (AvgIpc) is 3.06. The van der Waals surface area contributed by atoms with Crippen molar-refractivity contribution >= 4 is 23.9 Å². The average molecular weight is 292 g/mol. The Labute approximate surface area is 112 Å². The summed E-state index contributed by atoms with van der Waals surface area (Å²) in [6.07, 6.45) is 0.0838. The predicted molar refractivity (Wildman–Crippen MR) is 58.5 cm³/mol. The summed E-state index contributed by atoms with van der Waals surface area (Å²) in [5, 5.41) is 35.2. The van der Waals surface area contributed by atoms with Crippen LogP contribution in [0, 0.1) is 0 Å². The molecule has 0 saturated heterocycles. The first-order valence-electron chi connectivity index (χ1n) is 5.56. The summed E-state index contributed by atoms with van der Waals surface area (Å²) in [6.45, 7) is -2.64. The van der Waals surface area contributed by atoms with E-state index in [4.69, 9.17) is 20.6 Å². The van der Waals surface area contributed by atoms with E-state index < -0.39 is 53.5 Å². The number of nitrogens with zero attached hydrogens (tertiary/aromatic N) is 1. The maximum absolute atomic E-state index is 11.6. The summed E-state index contributed by atoms with van der Waals surface area (Å²) >= 11 is 0. The molecule has 0 aromatic carbocycles. The zero-order valence-electron chi connectivity index (χ0n) is 10.3. The first-order chi connectivity index (χ1) is 9.19. The quantitative estimate of drug-likeness (QED) is 0.240. The van der Waals surface area contributed by atoms with E-state index in [1.165, 1.54) is 0 Å². The molecule has 112 valence electrons. The smallest absolute Gasteiger partial charge is 0.401 e. The van der Waals surface area contributed by atoms with E-state index in [-0.39, 0.29) is 12.8 Å². The van der Waals surface area contributed by atoms with Gasteiger partial charge >= 0.3 is 23.9 Å². The lowest BCUT2D eigenvalue weighted by Gasteiger charge is -2.39. The standard InChI is InChI=1S/C10H13NO9/c12-6(13)3-11(4-7(14)15,5-8(16)17)10(1-2-10)9(18)20-19/h1-5H2,(H3-,12,13,14,15,16,17,19)/p+1. The second-order valence-electron chi connectivity index (χ2n) is 4.71. The lowest BCUT2D eigenvalue weighted by molar-refractivity contribution is -0.934. The summed E-state index contributed by atoms with van der Waals surface area (Å²) in [7, 11) is 0. The van der Waals surface area contributed by atoms with Crippen LogP contribution >= 0.6 is 0 Å². The predicted octanol–water partition coefficient (Wildman–Crippen LogP) is -1.39. The molecule has 1 aliphatic carbocycles. The van der Waals surface area contributed by atoms with Gasteiger partial charge in [-0.15, -0.1) is 0 Å². The van der Waals surface area contributed by atoms with E-state index in [0.717, 1.165) is 0 Å². The van der Waals surface area contributed by atoms with Crippen LogP contribution in [-0.4, -0.2) is 74.1 Å². The highest BCUT2D eigenvalue weighted by molar-refractivity contribution is 5.84. The molecule has 0 aromatic heterocycles. The van der Waals surface area contributed by atoms with E-state index in [0.29, 0.717) is 0 Å². The summed E-state index contributed by atoms with van der Waals surface area (Å²) in [5.41, 5.74) is -1.65. The minimum absolute atomic E-state index is 0.0419. The van der Waals surface area contributed by atoms with Crippen molar-refractivity contribution in [1.29, 1.82) is 0 Å². The Balaban J connectivity index is 3.27. The molecule has 0 heterocycles. The second kappa shape index (κ2) is 5.43. The molecule has 0 amide bonds. The fraction of sp³-hybridized carbons (Fsp3) is 0.600. The molecule has 0 spiro atoms. The Morgan fingerprint density at radius 1 is 0.900 bits per heavy atom. The number of carbonyl (C=O) groups excluding carboxylic acids is 1. The van der Waals surface area contributed by atoms with Gasteiger partial charge in [-0.05, 0) is 0 Å². The molecule has 0 radical (unpaired) electrons. The van der Waals surface area contributed by atoms with E-state index in [1.807, 2.05) is 0 Å². The van der Waals surface area contributed by atoms with Crippen LogP contribution < -0.4 is 0 Å². The molecule has 0 bridgehead atoms. The largest absolute Gasteiger partial charge is 0.477 e. The van der Waals surface area contributed by atoms with Crippen molar-refractivity contribution in [2.45, 2.75) is 18.4 Å². The van der Waals surface area contributed by atoms with Crippen LogP contribution in [0.3, 0.4) is 0 Å². The number of carboxylic acids is 3. The number of aliphatic carboxylic acids is 3. The van der Waals surface area contributed by atoms with E-state index in [9.17, 15) is 19.2 Å². The summed E-state index contributed by atoms with van der Waals surface area (Å²) in [6, 6.07) is 0. The number of quaternary nitrogens is 1. The van der Waals surface area contributed by atoms with Crippen LogP contribution in [0.25, 0.3) is 0 Å². The van der Waals surface area contributed by atoms with Gasteiger partial charge in [-0.2, -0.15) is 5.26 Å². The Morgan fingerprint density at radius 3 is 1.45 bits per heavy atom. The molecule has 10 nitrogen and oxygen atoms in total. The molecule has 10 heteroatoms. The monoisotopic (exact) mass is 292 g/mol. The van der Waals surface area contributed by atoms with Gasteiger partial charge in [0.05, 0.1) is 0 Å². The van der Waals surface area contributed by atoms with Gasteiger partial charge in [0.2, 0.25) is 5.54 Å². The molecule has 0 aliphatic heterocycles. The number of hydrogen-bond acceptors (Lipinski definition) is 6. The third kappa shape index (κ3) is 2.86. The van der Waals surface area contributed by atoms with E-state index >= 15 is 0 Å². The molecule has 0 aromatic rings. The molecule has 1 saturated carbocycles. The van der Waals surface area contributed by atoms with Gasteiger partial charge in [0, 0.05) is 12.8 Å². The second-order valence-corrected chi connectivity index (χ2v) is 4.71. The Morgan fingerprint density at radius 2 is 1.25 bits per heavy atom. The van der Waals surface area contributed by atoms with Crippen molar-refractivity contribution in [3.8, 4) is 0 Å². The minimum Gasteiger partial charge on any atom is -0.477 e. The molecule has 1 rings (SSSR count). The van der Waals surface area contributed by atoms with Crippen molar-refractivity contribution in [3.05, 3.63) is 0 Å². The highest BCUT2D eigenvalue weighted by Gasteiger charge is 2.69. The Bertz CT molecular complexity index is 413. The van der Waals surface area contributed by atoms with Crippen LogP contribution in [0.4, 0.5) is 0 Å². The first kappa shape index (κ1) is 15.9. The maximum atomic E-state index is 11.6. The van der Waals surface area contributed by atoms with Gasteiger partial charge in [-0.25, -0.2) is 19.2 Å². The Kier molecular flexibility index (Phi) is 4.30. The lowest BCUT2D eigenvalue weighted by Crippen LogP contribution is -2.66. The number of hydrogen-bond donors (Lipinski definition) is 4. The molecule has 1 fully saturated rings. The molecule has 0 unspecified atom stereocenters. The Hall–Kier alpha value is -2.20. The van der Waals surface area contributed by atoms with Crippen LogP contribution in [0.15, 0.2) is 0 Å². The molecule has 4 N–H and O–H groups in total. The van der Waals surface area contributed by atoms with Crippen molar-refractivity contribution in [2.24, 2.45) is 0 Å². The van der Waals surface area contributed by atoms with Crippen LogP contribution in [0.1, 0.15) is 12.8 Å². The van der Waals surface area contributed by atoms with E-state index in [1.54, 1.807) is 0 Å². The lowest BCUT2D eigenvalue weighted by atomic mass is 10.1. The van der Waals surface area contributed by atoms with Gasteiger partial charge in [-0.3, -0.25) is 9.37 Å². The third-order valence-electron chi connectivity index (χ3n) is 3.41. The zero-order valence-corrected chi connectivity index (χ0v) is 10.3. The van der Waals surface area contributed by atoms with Gasteiger partial charge in [0.25, 0.3) is 0 Å². The van der Waals surface area contributed by atoms with Crippen molar-refractivity contribution in [2.75, 3.05) is 19.6 Å². The summed E-state index contributed by atoms with van der Waals surface area (Å²) in [5.74, 6) is -5.58. The zero-order chi connectivity index (χ0) is 15.6. The third-order valence-corrected chi connectivity index (χ3v) is 3.41. The topological polar surface area (TPSA) is 158 Å². The minimum atomic E-state index is -1.65. The van der Waals surface area contributed by atoms with Gasteiger partial charge < -0.3 is 15.3 Å². The molecular formula is C10H14NO9+. The fourth-order valence-corrected chi connectivity index (χ4v) is 2.47.